The Labute approximate surface area is 151 Å². The Morgan fingerprint density at radius 1 is 1.29 bits per heavy atom. The smallest absolute Gasteiger partial charge is 0.252 e. The van der Waals surface area contributed by atoms with Crippen molar-refractivity contribution in [1.82, 2.24) is 5.32 Å². The minimum atomic E-state index is -0.0813. The highest BCUT2D eigenvalue weighted by Crippen LogP contribution is 2.23. The van der Waals surface area contributed by atoms with E-state index in [1.54, 1.807) is 0 Å². The van der Waals surface area contributed by atoms with E-state index in [1.807, 2.05) is 49.4 Å². The lowest BCUT2D eigenvalue weighted by molar-refractivity contribution is 0.0934. The molecule has 0 saturated carbocycles. The van der Waals surface area contributed by atoms with Crippen molar-refractivity contribution in [3.05, 3.63) is 66.7 Å². The van der Waals surface area contributed by atoms with Crippen LogP contribution in [-0.2, 0) is 0 Å². The number of nitrogens with one attached hydrogen (secondary N) is 1. The Kier molecular flexibility index (Phi) is 6.08. The molecular formula is C16H14BrClINO. The lowest BCUT2D eigenvalue weighted by atomic mass is 10.0. The summed E-state index contributed by atoms with van der Waals surface area (Å²) in [6.45, 7) is 2.04. The van der Waals surface area contributed by atoms with Crippen molar-refractivity contribution >= 4 is 56.0 Å². The van der Waals surface area contributed by atoms with Crippen LogP contribution in [0.1, 0.15) is 35.3 Å². The summed E-state index contributed by atoms with van der Waals surface area (Å²) in [5.41, 5.74) is 1.70. The second-order valence-corrected chi connectivity index (χ2v) is 7.15. The van der Waals surface area contributed by atoms with Crippen LogP contribution in [0.4, 0.5) is 0 Å². The highest BCUT2D eigenvalue weighted by molar-refractivity contribution is 14.1. The summed E-state index contributed by atoms with van der Waals surface area (Å²) >= 11 is 11.5. The van der Waals surface area contributed by atoms with E-state index in [-0.39, 0.29) is 11.9 Å². The van der Waals surface area contributed by atoms with E-state index >= 15 is 0 Å². The van der Waals surface area contributed by atoms with Crippen molar-refractivity contribution in [3.8, 4) is 0 Å². The molecule has 1 amide bonds. The first-order valence-electron chi connectivity index (χ1n) is 6.52. The van der Waals surface area contributed by atoms with E-state index in [0.29, 0.717) is 10.6 Å². The van der Waals surface area contributed by atoms with Crippen LogP contribution >= 0.6 is 50.1 Å². The van der Waals surface area contributed by atoms with Crippen LogP contribution in [0.3, 0.4) is 0 Å². The van der Waals surface area contributed by atoms with Crippen molar-refractivity contribution in [1.29, 1.82) is 0 Å². The highest BCUT2D eigenvalue weighted by atomic mass is 127. The third-order valence-electron chi connectivity index (χ3n) is 3.16. The summed E-state index contributed by atoms with van der Waals surface area (Å²) in [5, 5.41) is 3.77. The maximum Gasteiger partial charge on any atom is 0.252 e. The molecule has 5 heteroatoms. The van der Waals surface area contributed by atoms with E-state index in [9.17, 15) is 4.79 Å². The van der Waals surface area contributed by atoms with Gasteiger partial charge in [0.1, 0.15) is 0 Å². The topological polar surface area (TPSA) is 29.1 Å². The maximum absolute atomic E-state index is 12.5. The molecule has 0 fully saturated rings. The average Bonchev–Trinajstić information content (AvgIpc) is 2.48. The van der Waals surface area contributed by atoms with Gasteiger partial charge in [-0.2, -0.15) is 0 Å². The maximum atomic E-state index is 12.5. The van der Waals surface area contributed by atoms with Gasteiger partial charge < -0.3 is 5.32 Å². The summed E-state index contributed by atoms with van der Waals surface area (Å²) in [6.07, 6.45) is 0.814. The quantitative estimate of drug-likeness (QED) is 0.571. The number of carbonyl (C=O) groups excluding carboxylic acids is 1. The van der Waals surface area contributed by atoms with Gasteiger partial charge in [0.15, 0.2) is 0 Å². The lowest BCUT2D eigenvalue weighted by Gasteiger charge is -2.18. The van der Waals surface area contributed by atoms with Gasteiger partial charge in [-0.05, 0) is 80.8 Å². The standard InChI is InChI=1S/C16H14BrClINO/c1-2-15(10-3-5-11(18)6-4-10)20-16(21)13-9-12(19)7-8-14(13)17/h3-9,15H,2H2,1H3,(H,20,21). The van der Waals surface area contributed by atoms with Gasteiger partial charge in [-0.1, -0.05) is 30.7 Å². The number of hydrogen-bond donors (Lipinski definition) is 1. The minimum Gasteiger partial charge on any atom is -0.345 e. The van der Waals surface area contributed by atoms with Gasteiger partial charge in [0.25, 0.3) is 5.91 Å². The van der Waals surface area contributed by atoms with Gasteiger partial charge in [-0.15, -0.1) is 0 Å². The molecule has 1 N–H and O–H groups in total. The summed E-state index contributed by atoms with van der Waals surface area (Å²) in [7, 11) is 0. The Morgan fingerprint density at radius 2 is 1.95 bits per heavy atom. The number of carbonyl (C=O) groups is 1. The molecule has 110 valence electrons. The zero-order valence-electron chi connectivity index (χ0n) is 11.4. The Hall–Kier alpha value is -0.590. The van der Waals surface area contributed by atoms with Crippen molar-refractivity contribution < 1.29 is 4.79 Å². The summed E-state index contributed by atoms with van der Waals surface area (Å²) in [5.74, 6) is -0.0813. The number of amides is 1. The number of hydrogen-bond acceptors (Lipinski definition) is 1. The first-order valence-corrected chi connectivity index (χ1v) is 8.77. The second kappa shape index (κ2) is 7.61. The molecule has 0 heterocycles. The Balaban J connectivity index is 2.20. The third-order valence-corrected chi connectivity index (χ3v) is 4.77. The molecule has 1 atom stereocenters. The van der Waals surface area contributed by atoms with Gasteiger partial charge in [0.2, 0.25) is 0 Å². The van der Waals surface area contributed by atoms with Crippen LogP contribution in [0.15, 0.2) is 46.9 Å². The molecule has 21 heavy (non-hydrogen) atoms. The largest absolute Gasteiger partial charge is 0.345 e. The molecule has 1 unspecified atom stereocenters. The highest BCUT2D eigenvalue weighted by Gasteiger charge is 2.16. The van der Waals surface area contributed by atoms with Crippen LogP contribution in [0.2, 0.25) is 5.02 Å². The Morgan fingerprint density at radius 3 is 2.57 bits per heavy atom. The molecule has 0 bridgehead atoms. The van der Waals surface area contributed by atoms with Gasteiger partial charge in [0.05, 0.1) is 11.6 Å². The molecule has 2 nitrogen and oxygen atoms in total. The van der Waals surface area contributed by atoms with Gasteiger partial charge in [-0.3, -0.25) is 4.79 Å². The van der Waals surface area contributed by atoms with E-state index in [1.165, 1.54) is 0 Å². The fourth-order valence-electron chi connectivity index (χ4n) is 2.02. The van der Waals surface area contributed by atoms with Gasteiger partial charge in [0, 0.05) is 13.1 Å². The van der Waals surface area contributed by atoms with Crippen LogP contribution in [0.5, 0.6) is 0 Å². The van der Waals surface area contributed by atoms with Crippen LogP contribution in [-0.4, -0.2) is 5.91 Å². The zero-order chi connectivity index (χ0) is 15.4. The summed E-state index contributed by atoms with van der Waals surface area (Å²) in [6, 6.07) is 13.3. The number of rotatable bonds is 4. The third kappa shape index (κ3) is 4.44. The molecule has 0 saturated heterocycles. The number of benzene rings is 2. The minimum absolute atomic E-state index is 0.0282. The SMILES string of the molecule is CCC(NC(=O)c1cc(I)ccc1Br)c1ccc(Cl)cc1. The predicted octanol–water partition coefficient (Wildman–Crippen LogP) is 5.59. The van der Waals surface area contributed by atoms with Gasteiger partial charge in [-0.25, -0.2) is 0 Å². The molecule has 0 aromatic heterocycles. The lowest BCUT2D eigenvalue weighted by Crippen LogP contribution is -2.28. The van der Waals surface area contributed by atoms with E-state index in [4.69, 9.17) is 11.6 Å². The molecular weight excluding hydrogens is 464 g/mol. The second-order valence-electron chi connectivity index (χ2n) is 4.61. The molecule has 2 aromatic carbocycles. The molecule has 0 aliphatic heterocycles. The fourth-order valence-corrected chi connectivity index (χ4v) is 3.07. The first-order chi connectivity index (χ1) is 10.0. The van der Waals surface area contributed by atoms with Crippen LogP contribution < -0.4 is 5.32 Å². The van der Waals surface area contributed by atoms with Crippen molar-refractivity contribution in [2.24, 2.45) is 0 Å². The zero-order valence-corrected chi connectivity index (χ0v) is 15.9. The summed E-state index contributed by atoms with van der Waals surface area (Å²) < 4.78 is 1.83. The molecule has 2 aromatic rings. The average molecular weight is 479 g/mol. The summed E-state index contributed by atoms with van der Waals surface area (Å²) in [4.78, 5) is 12.5. The molecule has 0 spiro atoms. The van der Waals surface area contributed by atoms with E-state index in [0.717, 1.165) is 20.0 Å². The van der Waals surface area contributed by atoms with Crippen molar-refractivity contribution in [3.63, 3.8) is 0 Å². The van der Waals surface area contributed by atoms with Crippen molar-refractivity contribution in [2.45, 2.75) is 19.4 Å². The fraction of sp³-hybridized carbons (Fsp3) is 0.188. The van der Waals surface area contributed by atoms with E-state index in [2.05, 4.69) is 43.8 Å². The molecule has 0 aliphatic carbocycles. The molecule has 2 rings (SSSR count). The monoisotopic (exact) mass is 477 g/mol. The van der Waals surface area contributed by atoms with Gasteiger partial charge >= 0.3 is 0 Å². The van der Waals surface area contributed by atoms with Crippen LogP contribution in [0.25, 0.3) is 0 Å². The van der Waals surface area contributed by atoms with Crippen LogP contribution in [0, 0.1) is 3.57 Å². The first kappa shape index (κ1) is 16.8. The molecule has 0 aliphatic rings. The number of halogens is 3. The Bertz CT molecular complexity index is 645. The molecule has 0 radical (unpaired) electrons. The normalized spacial score (nSPS) is 12.0. The van der Waals surface area contributed by atoms with Crippen molar-refractivity contribution in [2.75, 3.05) is 0 Å². The van der Waals surface area contributed by atoms with E-state index < -0.39 is 0 Å². The predicted molar refractivity (Wildman–Crippen MR) is 98.8 cm³/mol.